The summed E-state index contributed by atoms with van der Waals surface area (Å²) in [6, 6.07) is -0.598. The number of hydrogen-bond donors (Lipinski definition) is 5. The van der Waals surface area contributed by atoms with Gasteiger partial charge in [-0.25, -0.2) is 0 Å². The fourth-order valence-corrected chi connectivity index (χ4v) is 7.27. The number of nitrogens with zero attached hydrogens (tertiary/aromatic N) is 2. The molecule has 9 nitrogen and oxygen atoms in total. The summed E-state index contributed by atoms with van der Waals surface area (Å²) in [5.74, 6) is -2.05. The van der Waals surface area contributed by atoms with Gasteiger partial charge in [-0.1, -0.05) is 26.5 Å². The average molecular weight is 613 g/mol. The Bertz CT molecular complexity index is 1780. The van der Waals surface area contributed by atoms with Crippen LogP contribution in [0, 0.1) is 18.8 Å². The van der Waals surface area contributed by atoms with Gasteiger partial charge in [-0.05, 0) is 98.6 Å². The van der Waals surface area contributed by atoms with Gasteiger partial charge in [0.05, 0.1) is 23.9 Å². The zero-order chi connectivity index (χ0) is 32.7. The molecule has 5 rings (SSSR count). The smallest absolute Gasteiger partial charge is 0.303 e. The minimum Gasteiger partial charge on any atom is -0.481 e. The second-order valence-corrected chi connectivity index (χ2v) is 12.6. The van der Waals surface area contributed by atoms with Crippen molar-refractivity contribution in [3.05, 3.63) is 73.7 Å². The maximum absolute atomic E-state index is 11.7. The van der Waals surface area contributed by atoms with Crippen molar-refractivity contribution in [1.29, 1.82) is 0 Å². The van der Waals surface area contributed by atoms with E-state index in [0.29, 0.717) is 12.0 Å². The number of rotatable bonds is 9. The maximum Gasteiger partial charge on any atom is 0.303 e. The Morgan fingerprint density at radius 1 is 1.07 bits per heavy atom. The average Bonchev–Trinajstić information content (AvgIpc) is 3.67. The molecule has 0 saturated heterocycles. The summed E-state index contributed by atoms with van der Waals surface area (Å²) in [4.78, 5) is 37.0. The van der Waals surface area contributed by atoms with Crippen LogP contribution in [0.2, 0.25) is 0 Å². The lowest BCUT2D eigenvalue weighted by atomic mass is 9.83. The molecule has 5 N–H and O–H groups in total. The molecular weight excluding hydrogens is 568 g/mol. The largest absolute Gasteiger partial charge is 0.481 e. The first-order valence-electron chi connectivity index (χ1n) is 15.8. The van der Waals surface area contributed by atoms with E-state index in [-0.39, 0.29) is 37.1 Å². The zero-order valence-corrected chi connectivity index (χ0v) is 27.0. The summed E-state index contributed by atoms with van der Waals surface area (Å²) in [6.45, 7) is 16.4. The van der Waals surface area contributed by atoms with Crippen molar-refractivity contribution >= 4 is 41.6 Å². The van der Waals surface area contributed by atoms with Gasteiger partial charge in [0.15, 0.2) is 0 Å². The van der Waals surface area contributed by atoms with Crippen LogP contribution in [0.4, 0.5) is 0 Å². The van der Waals surface area contributed by atoms with Crippen molar-refractivity contribution in [2.45, 2.75) is 91.8 Å². The number of aromatic amines is 1. The summed E-state index contributed by atoms with van der Waals surface area (Å²) in [5, 5.41) is 35.9. The number of aliphatic hydroxyl groups is 1. The van der Waals surface area contributed by atoms with Crippen molar-refractivity contribution < 1.29 is 24.9 Å². The number of carboxylic acid groups (broad SMARTS) is 2. The monoisotopic (exact) mass is 612 g/mol. The van der Waals surface area contributed by atoms with Gasteiger partial charge < -0.3 is 25.6 Å². The van der Waals surface area contributed by atoms with Crippen molar-refractivity contribution in [3.63, 3.8) is 0 Å². The third-order valence-electron chi connectivity index (χ3n) is 9.94. The second kappa shape index (κ2) is 12.6. The molecule has 5 unspecified atom stereocenters. The number of H-pyrrole nitrogens is 1. The van der Waals surface area contributed by atoms with Gasteiger partial charge in [0, 0.05) is 58.0 Å². The van der Waals surface area contributed by atoms with Gasteiger partial charge in [0.2, 0.25) is 0 Å². The van der Waals surface area contributed by atoms with E-state index in [1.807, 2.05) is 26.0 Å². The van der Waals surface area contributed by atoms with Crippen LogP contribution in [-0.4, -0.2) is 61.9 Å². The number of carboxylic acids is 2. The van der Waals surface area contributed by atoms with E-state index < -0.39 is 24.1 Å². The standard InChI is InChI=1S/C36H44N4O5/c1-8-22-17(3)25-14-27-19(5)24(10-12-32(42)43)35(39-27)21(7)36-34(31(41)11-13-33(44)45)20(6)28(40-36)16-30-23(9-2)18(4)26(38-30)15-29(22)37-25/h8,14-16,19,24,26,31,36-38,41H,1,9-13H2,2-7H3,(H,42,43)(H,44,45)/b25-14+,29-15-,30-16?,35-21-. The van der Waals surface area contributed by atoms with E-state index in [1.165, 1.54) is 11.1 Å². The van der Waals surface area contributed by atoms with Gasteiger partial charge in [-0.2, -0.15) is 0 Å². The van der Waals surface area contributed by atoms with E-state index in [4.69, 9.17) is 9.98 Å². The first-order valence-corrected chi connectivity index (χ1v) is 15.8. The number of carbonyl (C=O) groups is 2. The van der Waals surface area contributed by atoms with E-state index >= 15 is 0 Å². The fourth-order valence-electron chi connectivity index (χ4n) is 7.27. The molecule has 0 aliphatic carbocycles. The number of aliphatic carboxylic acids is 2. The predicted molar refractivity (Wildman–Crippen MR) is 178 cm³/mol. The molecule has 0 fully saturated rings. The number of nitrogens with one attached hydrogen (secondary N) is 2. The number of aliphatic hydroxyl groups excluding tert-OH is 1. The summed E-state index contributed by atoms with van der Waals surface area (Å²) >= 11 is 0. The molecule has 9 heteroatoms. The first-order chi connectivity index (χ1) is 21.4. The van der Waals surface area contributed by atoms with Crippen LogP contribution in [0.15, 0.2) is 61.9 Å². The molecule has 5 heterocycles. The molecule has 0 saturated carbocycles. The summed E-state index contributed by atoms with van der Waals surface area (Å²) in [7, 11) is 0. The Morgan fingerprint density at radius 3 is 2.42 bits per heavy atom. The van der Waals surface area contributed by atoms with Crippen LogP contribution in [0.25, 0.3) is 18.2 Å². The van der Waals surface area contributed by atoms with Crippen LogP contribution in [0.1, 0.15) is 77.8 Å². The van der Waals surface area contributed by atoms with E-state index in [0.717, 1.165) is 62.2 Å². The topological polar surface area (TPSA) is 147 Å². The highest BCUT2D eigenvalue weighted by atomic mass is 16.4. The Hall–Kier alpha value is -4.24. The number of fused-ring (bicyclic) bond motifs is 6. The van der Waals surface area contributed by atoms with Gasteiger partial charge in [-0.15, -0.1) is 0 Å². The molecule has 238 valence electrons. The minimum atomic E-state index is -1.01. The third kappa shape index (κ3) is 5.93. The SMILES string of the molecule is C=Cc1c(C)/c2[nH]/c1=C\C1NC(=CC3=NC(C(C(O)CCC(=O)O)=C3C)/C(C)=C3N=C(/C=2)C(C)C\3CCC(=O)O)C(CC)=C1C. The Kier molecular flexibility index (Phi) is 9.03. The normalized spacial score (nSPS) is 28.0. The number of aliphatic imine (C=N–C) groups is 2. The van der Waals surface area contributed by atoms with Crippen LogP contribution in [-0.2, 0) is 9.59 Å². The Balaban J connectivity index is 1.80. The quantitative estimate of drug-likeness (QED) is 0.280. The minimum absolute atomic E-state index is 0.00260. The van der Waals surface area contributed by atoms with Crippen molar-refractivity contribution in [2.75, 3.05) is 0 Å². The molecule has 45 heavy (non-hydrogen) atoms. The lowest BCUT2D eigenvalue weighted by Crippen LogP contribution is -2.25. The van der Waals surface area contributed by atoms with Crippen LogP contribution in [0.3, 0.4) is 0 Å². The molecule has 4 aliphatic heterocycles. The molecule has 8 bridgehead atoms. The number of aromatic nitrogens is 1. The van der Waals surface area contributed by atoms with Crippen LogP contribution < -0.4 is 16.0 Å². The summed E-state index contributed by atoms with van der Waals surface area (Å²) in [5.41, 5.74) is 10.2. The molecule has 0 amide bonds. The van der Waals surface area contributed by atoms with Gasteiger partial charge in [0.25, 0.3) is 0 Å². The van der Waals surface area contributed by atoms with E-state index in [2.05, 4.69) is 56.7 Å². The molecule has 1 aromatic rings. The van der Waals surface area contributed by atoms with Crippen LogP contribution >= 0.6 is 0 Å². The number of allylic oxidation sites excluding steroid dienone is 4. The predicted octanol–water partition coefficient (Wildman–Crippen LogP) is 4.33. The molecule has 0 spiro atoms. The Morgan fingerprint density at radius 2 is 1.78 bits per heavy atom. The highest BCUT2D eigenvalue weighted by molar-refractivity contribution is 6.14. The van der Waals surface area contributed by atoms with E-state index in [9.17, 15) is 24.9 Å². The molecular formula is C36H44N4O5. The third-order valence-corrected chi connectivity index (χ3v) is 9.94. The van der Waals surface area contributed by atoms with Gasteiger partial charge >= 0.3 is 11.9 Å². The van der Waals surface area contributed by atoms with Crippen LogP contribution in [0.5, 0.6) is 0 Å². The lowest BCUT2D eigenvalue weighted by molar-refractivity contribution is -0.138. The van der Waals surface area contributed by atoms with E-state index in [1.54, 1.807) is 0 Å². The lowest BCUT2D eigenvalue weighted by Gasteiger charge is -2.23. The summed E-state index contributed by atoms with van der Waals surface area (Å²) < 4.78 is 0. The maximum atomic E-state index is 11.7. The zero-order valence-electron chi connectivity index (χ0n) is 27.0. The van der Waals surface area contributed by atoms with Crippen molar-refractivity contribution in [3.8, 4) is 0 Å². The highest BCUT2D eigenvalue weighted by Gasteiger charge is 2.38. The molecule has 1 aromatic heterocycles. The van der Waals surface area contributed by atoms with Gasteiger partial charge in [0.1, 0.15) is 0 Å². The highest BCUT2D eigenvalue weighted by Crippen LogP contribution is 2.41. The van der Waals surface area contributed by atoms with Gasteiger partial charge in [-0.3, -0.25) is 19.6 Å². The first kappa shape index (κ1) is 32.2. The molecule has 0 aromatic carbocycles. The Labute approximate surface area is 264 Å². The summed E-state index contributed by atoms with van der Waals surface area (Å²) in [6.07, 6.45) is 8.29. The molecule has 5 atom stereocenters. The fraction of sp³-hybridized carbons (Fsp3) is 0.444. The molecule has 4 aliphatic rings. The molecule has 0 radical (unpaired) electrons. The van der Waals surface area contributed by atoms with Crippen molar-refractivity contribution in [2.24, 2.45) is 21.8 Å². The second-order valence-electron chi connectivity index (χ2n) is 12.6. The van der Waals surface area contributed by atoms with Crippen molar-refractivity contribution in [1.82, 2.24) is 10.3 Å². The number of hydrogen-bond acceptors (Lipinski definition) is 6.